The smallest absolute Gasteiger partial charge is 0.194 e. The summed E-state index contributed by atoms with van der Waals surface area (Å²) in [5.41, 5.74) is 13.3. The Balaban J connectivity index is 0.882. The van der Waals surface area contributed by atoms with Crippen molar-refractivity contribution in [2.24, 2.45) is 0 Å². The molecule has 2 atom stereocenters. The highest BCUT2D eigenvalue weighted by atomic mass is 19.2. The Morgan fingerprint density at radius 3 is 0.944 bits per heavy atom. The van der Waals surface area contributed by atoms with Gasteiger partial charge in [0.1, 0.15) is 11.6 Å². The predicted octanol–water partition coefficient (Wildman–Crippen LogP) is 22.0. The van der Waals surface area contributed by atoms with Crippen LogP contribution in [-0.4, -0.2) is 0 Å². The molecule has 2 unspecified atom stereocenters. The molecule has 0 amide bonds. The van der Waals surface area contributed by atoms with Crippen molar-refractivity contribution in [3.05, 3.63) is 369 Å². The zero-order valence-corrected chi connectivity index (χ0v) is 48.6. The van der Waals surface area contributed by atoms with Crippen LogP contribution in [0.5, 0.6) is 0 Å². The van der Waals surface area contributed by atoms with E-state index in [0.717, 1.165) is 79.9 Å². The van der Waals surface area contributed by atoms with Crippen molar-refractivity contribution in [3.8, 4) is 33.4 Å². The van der Waals surface area contributed by atoms with Gasteiger partial charge >= 0.3 is 0 Å². The van der Waals surface area contributed by atoms with Crippen LogP contribution in [0.4, 0.5) is 69.2 Å². The van der Waals surface area contributed by atoms with E-state index < -0.39 is 45.7 Å². The fraction of sp³-hybridized carbons (Fsp3) is 0.0500. The third kappa shape index (κ3) is 8.99. The molecule has 438 valence electrons. The first-order valence-corrected chi connectivity index (χ1v) is 29.2. The van der Waals surface area contributed by atoms with Gasteiger partial charge in [-0.3, -0.25) is 0 Å². The van der Waals surface area contributed by atoms with Gasteiger partial charge in [-0.2, -0.15) is 0 Å². The topological polar surface area (TPSA) is 6.48 Å². The first kappa shape index (κ1) is 56.9. The first-order chi connectivity index (χ1) is 43.6. The monoisotopic (exact) mass is 1190 g/mol. The van der Waals surface area contributed by atoms with Gasteiger partial charge in [-0.15, -0.1) is 0 Å². The molecule has 0 bridgehead atoms. The van der Waals surface area contributed by atoms with Gasteiger partial charge in [0.15, 0.2) is 34.9 Å². The summed E-state index contributed by atoms with van der Waals surface area (Å²) in [5.74, 6) is -9.22. The summed E-state index contributed by atoms with van der Waals surface area (Å²) in [6.07, 6.45) is 3.41. The molecule has 0 fully saturated rings. The third-order valence-corrected chi connectivity index (χ3v) is 17.9. The quantitative estimate of drug-likeness (QED) is 0.0839. The highest BCUT2D eigenvalue weighted by molar-refractivity contribution is 5.92. The lowest BCUT2D eigenvalue weighted by atomic mass is 9.67. The van der Waals surface area contributed by atoms with E-state index in [2.05, 4.69) is 13.2 Å². The van der Waals surface area contributed by atoms with Crippen molar-refractivity contribution < 1.29 is 35.1 Å². The molecular formula is C80H52F8N2. The van der Waals surface area contributed by atoms with Crippen molar-refractivity contribution in [1.82, 2.24) is 0 Å². The second kappa shape index (κ2) is 22.1. The molecule has 0 saturated carbocycles. The number of rotatable bonds is 13. The number of fused-ring (bicyclic) bond motifs is 6. The summed E-state index contributed by atoms with van der Waals surface area (Å²) in [6.45, 7) is 11.2. The number of hydrogen-bond acceptors (Lipinski definition) is 2. The largest absolute Gasteiger partial charge is 0.310 e. The maximum absolute atomic E-state index is 15.7. The molecule has 12 aromatic rings. The van der Waals surface area contributed by atoms with Crippen LogP contribution in [0.3, 0.4) is 0 Å². The maximum Gasteiger partial charge on any atom is 0.194 e. The van der Waals surface area contributed by atoms with Crippen LogP contribution in [-0.2, 0) is 10.8 Å². The molecule has 10 heteroatoms. The molecule has 2 aliphatic carbocycles. The lowest BCUT2D eigenvalue weighted by molar-refractivity contribution is 0.443. The van der Waals surface area contributed by atoms with Crippen molar-refractivity contribution in [3.63, 3.8) is 0 Å². The number of halogens is 8. The molecule has 12 aromatic carbocycles. The predicted molar refractivity (Wildman–Crippen MR) is 345 cm³/mol. The van der Waals surface area contributed by atoms with Gasteiger partial charge in [-0.05, 0) is 223 Å². The second-order valence-corrected chi connectivity index (χ2v) is 22.8. The maximum atomic E-state index is 15.7. The number of anilines is 6. The van der Waals surface area contributed by atoms with Gasteiger partial charge < -0.3 is 9.80 Å². The summed E-state index contributed by atoms with van der Waals surface area (Å²) >= 11 is 0. The van der Waals surface area contributed by atoms with E-state index in [4.69, 9.17) is 0 Å². The van der Waals surface area contributed by atoms with E-state index in [0.29, 0.717) is 67.5 Å². The summed E-state index contributed by atoms with van der Waals surface area (Å²) in [7, 11) is 0. The molecular weight excluding hydrogens is 1140 g/mol. The van der Waals surface area contributed by atoms with Gasteiger partial charge in [0.05, 0.1) is 10.8 Å². The van der Waals surface area contributed by atoms with Crippen LogP contribution < -0.4 is 9.80 Å². The lowest BCUT2D eigenvalue weighted by Gasteiger charge is -2.35. The summed E-state index contributed by atoms with van der Waals surface area (Å²) in [5, 5.41) is 0. The van der Waals surface area contributed by atoms with Crippen LogP contribution in [0.25, 0.3) is 45.5 Å². The number of benzene rings is 12. The van der Waals surface area contributed by atoms with Crippen molar-refractivity contribution in [1.29, 1.82) is 0 Å². The summed E-state index contributed by atoms with van der Waals surface area (Å²) in [6, 6.07) is 72.0. The Kier molecular flexibility index (Phi) is 14.0. The van der Waals surface area contributed by atoms with E-state index in [1.165, 1.54) is 12.1 Å². The van der Waals surface area contributed by atoms with Gasteiger partial charge in [-0.25, -0.2) is 35.1 Å². The minimum atomic E-state index is -1.57. The van der Waals surface area contributed by atoms with Crippen LogP contribution in [0.15, 0.2) is 256 Å². The fourth-order valence-corrected chi connectivity index (χ4v) is 13.7. The Morgan fingerprint density at radius 1 is 0.289 bits per heavy atom. The molecule has 0 aromatic heterocycles. The van der Waals surface area contributed by atoms with Crippen molar-refractivity contribution >= 4 is 46.3 Å². The Bertz CT molecular complexity index is 4530. The molecule has 0 spiro atoms. The van der Waals surface area contributed by atoms with E-state index in [-0.39, 0.29) is 22.8 Å². The van der Waals surface area contributed by atoms with Gasteiger partial charge in [0.25, 0.3) is 0 Å². The standard InChI is InChI=1S/C80H52F8N2/c1-5-49-15-23-53(24-16-49)79(55-41-73(83)77(87)74(84)42-55)67-13-9-7-11-63(67)65-35-31-61(45-69(65)79)89(59-33-37-71(81)47(3)39-59)57-27-19-51(20-28-57)52-21-29-58(30-22-52)90(60-34-38-72(82)48(4)40-60)62-32-36-66-64-12-8-10-14-68(64)80(70(66)46-62,54-25-17-50(6-2)18-26-54)56-43-75(85)78(88)76(86)44-56/h5-46H,1-2H2,3-4H3. The molecule has 0 heterocycles. The van der Waals surface area contributed by atoms with Crippen molar-refractivity contribution in [2.75, 3.05) is 9.80 Å². The summed E-state index contributed by atoms with van der Waals surface area (Å²) < 4.78 is 123. The SMILES string of the molecule is C=Cc1ccc(C2(c3cc(F)c(F)c(F)c3)c3ccccc3-c3ccc(N(c4ccc(-c5ccc(N(c6ccc(F)c(C)c6)c6ccc7c(c6)C(c6ccc(C=C)cc6)(c6cc(F)c(F)c(F)c6)c6ccccc6-7)cc5)cc4)c4ccc(F)c(C)c4)cc32)cc1. The number of aryl methyl sites for hydroxylation is 2. The van der Waals surface area contributed by atoms with Crippen LogP contribution in [0.2, 0.25) is 0 Å². The molecule has 0 N–H and O–H groups in total. The molecule has 90 heavy (non-hydrogen) atoms. The Hall–Kier alpha value is -10.8. The minimum absolute atomic E-state index is 0.188. The average molecular weight is 1190 g/mol. The van der Waals surface area contributed by atoms with Gasteiger partial charge in [0, 0.05) is 34.1 Å². The van der Waals surface area contributed by atoms with Gasteiger partial charge in [-0.1, -0.05) is 159 Å². The Morgan fingerprint density at radius 2 is 0.600 bits per heavy atom. The van der Waals surface area contributed by atoms with E-state index in [1.807, 2.05) is 192 Å². The molecule has 0 saturated heterocycles. The van der Waals surface area contributed by atoms with Crippen LogP contribution in [0.1, 0.15) is 66.8 Å². The number of nitrogens with zero attached hydrogens (tertiary/aromatic N) is 2. The van der Waals surface area contributed by atoms with E-state index in [9.17, 15) is 8.78 Å². The van der Waals surface area contributed by atoms with Gasteiger partial charge in [0.2, 0.25) is 0 Å². The molecule has 0 aliphatic heterocycles. The highest BCUT2D eigenvalue weighted by Crippen LogP contribution is 2.60. The summed E-state index contributed by atoms with van der Waals surface area (Å²) in [4.78, 5) is 3.98. The Labute approximate surface area is 515 Å². The second-order valence-electron chi connectivity index (χ2n) is 22.8. The lowest BCUT2D eigenvalue weighted by Crippen LogP contribution is -2.29. The zero-order chi connectivity index (χ0) is 62.3. The first-order valence-electron chi connectivity index (χ1n) is 29.2. The van der Waals surface area contributed by atoms with Crippen molar-refractivity contribution in [2.45, 2.75) is 24.7 Å². The molecule has 0 radical (unpaired) electrons. The number of hydrogen-bond donors (Lipinski definition) is 0. The molecule has 2 nitrogen and oxygen atoms in total. The van der Waals surface area contributed by atoms with E-state index in [1.54, 1.807) is 50.3 Å². The molecule has 14 rings (SSSR count). The van der Waals surface area contributed by atoms with Crippen LogP contribution >= 0.6 is 0 Å². The normalized spacial score (nSPS) is 15.2. The zero-order valence-electron chi connectivity index (χ0n) is 48.6. The fourth-order valence-electron chi connectivity index (χ4n) is 13.7. The van der Waals surface area contributed by atoms with E-state index >= 15 is 26.3 Å². The average Bonchev–Trinajstić information content (AvgIpc) is 1.53. The molecule has 2 aliphatic rings. The third-order valence-electron chi connectivity index (χ3n) is 17.9. The highest BCUT2D eigenvalue weighted by Gasteiger charge is 2.49. The minimum Gasteiger partial charge on any atom is -0.310 e. The van der Waals surface area contributed by atoms with Crippen LogP contribution in [0, 0.1) is 60.4 Å².